The highest BCUT2D eigenvalue weighted by Gasteiger charge is 2.23. The van der Waals surface area contributed by atoms with Crippen molar-refractivity contribution in [3.8, 4) is 51.4 Å². The van der Waals surface area contributed by atoms with E-state index in [0.29, 0.717) is 0 Å². The van der Waals surface area contributed by atoms with Gasteiger partial charge in [-0.2, -0.15) is 0 Å². The zero-order valence-corrected chi connectivity index (χ0v) is 28.0. The first-order valence-corrected chi connectivity index (χ1v) is 15.8. The van der Waals surface area contributed by atoms with Crippen LogP contribution in [0.5, 0.6) is 0 Å². The Morgan fingerprint density at radius 2 is 1.18 bits per heavy atom. The predicted molar refractivity (Wildman–Crippen MR) is 192 cm³/mol. The number of aryl methyl sites for hydroxylation is 1. The van der Waals surface area contributed by atoms with Crippen molar-refractivity contribution in [1.29, 1.82) is 0 Å². The summed E-state index contributed by atoms with van der Waals surface area (Å²) in [5.41, 5.74) is 4.54. The highest BCUT2D eigenvalue weighted by atomic mass is 16.1. The summed E-state index contributed by atoms with van der Waals surface area (Å²) in [6.45, 7) is 7.87. The quantitative estimate of drug-likeness (QED) is 0.362. The molecule has 0 spiro atoms. The lowest BCUT2D eigenvalue weighted by atomic mass is 9.92. The summed E-state index contributed by atoms with van der Waals surface area (Å²) in [4.78, 5) is 13.4. The van der Waals surface area contributed by atoms with Gasteiger partial charge >= 0.3 is 0 Å². The molecule has 4 heteroatoms. The number of terminal acetylenes is 4. The number of hydrogen-bond acceptors (Lipinski definition) is 1. The van der Waals surface area contributed by atoms with Crippen LogP contribution in [0.4, 0.5) is 0 Å². The van der Waals surface area contributed by atoms with Gasteiger partial charge in [0.05, 0.1) is 27.2 Å². The molecule has 4 nitrogen and oxygen atoms in total. The molecule has 3 fully saturated rings. The number of hydrogen-bond donors (Lipinski definition) is 2. The molecule has 2 heterocycles. The Labute approximate surface area is 272 Å². The number of nitrogens with two attached hydrogens (primary N) is 1. The second-order valence-corrected chi connectivity index (χ2v) is 10.9. The van der Waals surface area contributed by atoms with E-state index in [-0.39, 0.29) is 0 Å². The standard InChI is InChI=1S/C14H22N2.C6H11NO.C6H12.C6H6.4C2H2/c1-11-4-5-14(12-6-7-15-9-12)13(8-11)10-16(2)3;8-6-7-4-2-1-3-5-7;2*1-2-4-6-5-3-1;4*1-2/h4-5,8,12,15H,6-7,9-10H2,1-3H3;6H,1-5H2;1-6H2;1-6H;4*1-2H/p+2/t12-;;;;;;;/m0......./s1. The van der Waals surface area contributed by atoms with Crippen molar-refractivity contribution in [2.45, 2.75) is 83.6 Å². The number of likely N-dealkylation sites (tertiary alicyclic amines) is 1. The monoisotopic (exact) mass is 599 g/mol. The van der Waals surface area contributed by atoms with E-state index in [4.69, 9.17) is 0 Å². The summed E-state index contributed by atoms with van der Waals surface area (Å²) in [7, 11) is 4.46. The average molecular weight is 600 g/mol. The first-order chi connectivity index (χ1) is 21.6. The summed E-state index contributed by atoms with van der Waals surface area (Å²) >= 11 is 0. The van der Waals surface area contributed by atoms with Gasteiger partial charge in [-0.3, -0.25) is 4.79 Å². The van der Waals surface area contributed by atoms with Gasteiger partial charge in [0.15, 0.2) is 0 Å². The van der Waals surface area contributed by atoms with Crippen molar-refractivity contribution in [1.82, 2.24) is 4.90 Å². The lowest BCUT2D eigenvalue weighted by Crippen LogP contribution is -3.04. The van der Waals surface area contributed by atoms with Crippen LogP contribution >= 0.6 is 0 Å². The molecule has 1 saturated carbocycles. The van der Waals surface area contributed by atoms with E-state index in [9.17, 15) is 4.79 Å². The van der Waals surface area contributed by atoms with Crippen molar-refractivity contribution in [3.05, 3.63) is 71.3 Å². The molecule has 3 aliphatic rings. The third-order valence-electron chi connectivity index (χ3n) is 7.16. The van der Waals surface area contributed by atoms with Gasteiger partial charge in [-0.05, 0) is 31.7 Å². The Hall–Kier alpha value is -3.93. The number of carbonyl (C=O) groups excluding carboxylic acids is 1. The molecule has 0 unspecified atom stereocenters. The van der Waals surface area contributed by atoms with Gasteiger partial charge < -0.3 is 15.1 Å². The first kappa shape index (κ1) is 44.5. The number of quaternary nitrogens is 2. The van der Waals surface area contributed by atoms with E-state index in [2.05, 4.69) is 95.9 Å². The van der Waals surface area contributed by atoms with E-state index in [1.807, 2.05) is 41.3 Å². The first-order valence-electron chi connectivity index (χ1n) is 15.8. The largest absolute Gasteiger partial charge is 0.346 e. The van der Waals surface area contributed by atoms with Crippen molar-refractivity contribution >= 4 is 6.41 Å². The molecular formula is C40H61N3O+2. The summed E-state index contributed by atoms with van der Waals surface area (Å²) in [6, 6.07) is 19.0. The highest BCUT2D eigenvalue weighted by molar-refractivity contribution is 5.46. The Bertz CT molecular complexity index is 896. The Balaban J connectivity index is -0.000000509. The van der Waals surface area contributed by atoms with Gasteiger partial charge in [0, 0.05) is 31.0 Å². The number of piperidine rings is 1. The SMILES string of the molecule is C#C.C#C.C#C.C#C.C1CCCCC1.Cc1ccc([C@H]2CC[NH2+]C2)c(C[NH+](C)C)c1.O=CN1CCCCC1.c1ccccc1. The lowest BCUT2D eigenvalue weighted by Gasteiger charge is -2.21. The van der Waals surface area contributed by atoms with E-state index < -0.39 is 0 Å². The van der Waals surface area contributed by atoms with Crippen LogP contribution in [-0.2, 0) is 11.3 Å². The summed E-state index contributed by atoms with van der Waals surface area (Å²) in [5.74, 6) is 0.787. The second-order valence-electron chi connectivity index (χ2n) is 10.9. The van der Waals surface area contributed by atoms with Crippen molar-refractivity contribution in [2.75, 3.05) is 40.3 Å². The zero-order chi connectivity index (χ0) is 33.8. The normalized spacial score (nSPS) is 15.8. The van der Waals surface area contributed by atoms with Crippen LogP contribution in [0, 0.1) is 58.3 Å². The van der Waals surface area contributed by atoms with Gasteiger partial charge in [-0.15, -0.1) is 51.4 Å². The molecule has 1 amide bonds. The minimum atomic E-state index is 0.787. The number of benzene rings is 2. The number of nitrogens with one attached hydrogen (secondary N) is 1. The Kier molecular flexibility index (Phi) is 35.7. The molecule has 1 aliphatic carbocycles. The van der Waals surface area contributed by atoms with Gasteiger partial charge in [0.1, 0.15) is 6.54 Å². The molecule has 5 rings (SSSR count). The molecule has 2 aromatic carbocycles. The molecule has 2 aliphatic heterocycles. The fourth-order valence-electron chi connectivity index (χ4n) is 5.17. The minimum absolute atomic E-state index is 0.787. The lowest BCUT2D eigenvalue weighted by molar-refractivity contribution is -0.872. The summed E-state index contributed by atoms with van der Waals surface area (Å²) in [6.07, 6.45) is 47.0. The topological polar surface area (TPSA) is 41.4 Å². The van der Waals surface area contributed by atoms with E-state index in [1.54, 1.807) is 11.1 Å². The maximum absolute atomic E-state index is 10.1. The maximum Gasteiger partial charge on any atom is 0.209 e. The third kappa shape index (κ3) is 24.6. The molecule has 2 aromatic rings. The van der Waals surface area contributed by atoms with E-state index in [1.165, 1.54) is 87.8 Å². The smallest absolute Gasteiger partial charge is 0.209 e. The second kappa shape index (κ2) is 35.3. The molecule has 0 aromatic heterocycles. The summed E-state index contributed by atoms with van der Waals surface area (Å²) < 4.78 is 0. The van der Waals surface area contributed by atoms with Gasteiger partial charge in [-0.25, -0.2) is 0 Å². The van der Waals surface area contributed by atoms with Crippen LogP contribution in [0.3, 0.4) is 0 Å². The molecule has 3 N–H and O–H groups in total. The van der Waals surface area contributed by atoms with Crippen LogP contribution in [0.15, 0.2) is 54.6 Å². The summed E-state index contributed by atoms with van der Waals surface area (Å²) in [5, 5.41) is 2.44. The number of rotatable bonds is 4. The van der Waals surface area contributed by atoms with Crippen molar-refractivity contribution in [2.24, 2.45) is 0 Å². The number of carbonyl (C=O) groups is 1. The molecule has 240 valence electrons. The Morgan fingerprint density at radius 3 is 1.52 bits per heavy atom. The number of amides is 1. The van der Waals surface area contributed by atoms with Gasteiger partial charge in [-0.1, -0.05) is 98.7 Å². The van der Waals surface area contributed by atoms with Crippen LogP contribution in [0.2, 0.25) is 0 Å². The predicted octanol–water partition coefficient (Wildman–Crippen LogP) is 5.34. The molecule has 2 saturated heterocycles. The molecule has 0 radical (unpaired) electrons. The van der Waals surface area contributed by atoms with Crippen molar-refractivity contribution in [3.63, 3.8) is 0 Å². The third-order valence-corrected chi connectivity index (χ3v) is 7.16. The molecular weight excluding hydrogens is 538 g/mol. The van der Waals surface area contributed by atoms with Crippen molar-refractivity contribution < 1.29 is 15.0 Å². The van der Waals surface area contributed by atoms with E-state index in [0.717, 1.165) is 32.0 Å². The molecule has 0 bridgehead atoms. The Morgan fingerprint density at radius 1 is 0.750 bits per heavy atom. The fraction of sp³-hybridized carbons (Fsp3) is 0.475. The molecule has 1 atom stereocenters. The van der Waals surface area contributed by atoms with E-state index >= 15 is 0 Å². The highest BCUT2D eigenvalue weighted by Crippen LogP contribution is 2.24. The van der Waals surface area contributed by atoms with Crippen LogP contribution in [0.25, 0.3) is 0 Å². The maximum atomic E-state index is 10.1. The van der Waals surface area contributed by atoms with Gasteiger partial charge in [0.25, 0.3) is 0 Å². The van der Waals surface area contributed by atoms with Gasteiger partial charge in [0.2, 0.25) is 6.41 Å². The number of nitrogens with zero attached hydrogens (tertiary/aromatic N) is 1. The zero-order valence-electron chi connectivity index (χ0n) is 28.0. The van der Waals surface area contributed by atoms with Crippen LogP contribution in [-0.4, -0.2) is 51.6 Å². The van der Waals surface area contributed by atoms with Crippen LogP contribution < -0.4 is 10.2 Å². The minimum Gasteiger partial charge on any atom is -0.346 e. The average Bonchev–Trinajstić information content (AvgIpc) is 3.66. The molecule has 44 heavy (non-hydrogen) atoms. The fourth-order valence-corrected chi connectivity index (χ4v) is 5.17. The van der Waals surface area contributed by atoms with Crippen LogP contribution in [0.1, 0.15) is 86.8 Å².